The molecule has 0 aliphatic rings. The minimum absolute atomic E-state index is 0.217. The van der Waals surface area contributed by atoms with Crippen LogP contribution in [0.4, 0.5) is 22.0 Å². The van der Waals surface area contributed by atoms with Crippen LogP contribution in [0.25, 0.3) is 0 Å². The monoisotopic (exact) mass is 480 g/mol. The second kappa shape index (κ2) is 9.59. The summed E-state index contributed by atoms with van der Waals surface area (Å²) in [6.07, 6.45) is -4.65. The fraction of sp³-hybridized carbons (Fsp3) is 0.400. The second-order valence-corrected chi connectivity index (χ2v) is 9.63. The van der Waals surface area contributed by atoms with Crippen molar-refractivity contribution in [2.75, 3.05) is 7.11 Å². The van der Waals surface area contributed by atoms with Crippen molar-refractivity contribution in [3.63, 3.8) is 0 Å². The third-order valence-corrected chi connectivity index (χ3v) is 5.92. The maximum Gasteiger partial charge on any atom is 0.573 e. The molecule has 0 saturated heterocycles. The maximum absolute atomic E-state index is 14.9. The number of benzene rings is 1. The van der Waals surface area contributed by atoms with E-state index in [9.17, 15) is 31.3 Å². The van der Waals surface area contributed by atoms with Crippen LogP contribution in [0.15, 0.2) is 36.5 Å². The summed E-state index contributed by atoms with van der Waals surface area (Å²) < 4.78 is 90.0. The van der Waals surface area contributed by atoms with Crippen molar-refractivity contribution in [3.8, 4) is 5.75 Å². The summed E-state index contributed by atoms with van der Waals surface area (Å²) in [4.78, 5) is 16.2. The number of esters is 1. The quantitative estimate of drug-likeness (QED) is 0.365. The van der Waals surface area contributed by atoms with Crippen LogP contribution >= 0.6 is 0 Å². The molecule has 0 radical (unpaired) electrons. The Labute approximate surface area is 184 Å². The largest absolute Gasteiger partial charge is 0.598 e. The van der Waals surface area contributed by atoms with Gasteiger partial charge >= 0.3 is 12.3 Å². The van der Waals surface area contributed by atoms with Crippen molar-refractivity contribution in [2.24, 2.45) is 0 Å². The molecule has 1 heterocycles. The molecule has 0 amide bonds. The molecule has 0 fully saturated rings. The zero-order chi connectivity index (χ0) is 24.3. The molecule has 0 spiro atoms. The molecule has 176 valence electrons. The molecule has 0 bridgehead atoms. The van der Waals surface area contributed by atoms with Crippen LogP contribution in [0, 0.1) is 11.6 Å². The van der Waals surface area contributed by atoms with Gasteiger partial charge in [0.25, 0.3) is 0 Å². The summed E-state index contributed by atoms with van der Waals surface area (Å²) in [5.41, 5.74) is -2.69. The molecule has 2 atom stereocenters. The van der Waals surface area contributed by atoms with Crippen LogP contribution in [0.3, 0.4) is 0 Å². The zero-order valence-corrected chi connectivity index (χ0v) is 18.4. The minimum atomic E-state index is -5.15. The van der Waals surface area contributed by atoms with E-state index >= 15 is 0 Å². The van der Waals surface area contributed by atoms with Crippen molar-refractivity contribution in [3.05, 3.63) is 59.4 Å². The molecule has 0 aliphatic heterocycles. The van der Waals surface area contributed by atoms with E-state index in [4.69, 9.17) is 0 Å². The summed E-state index contributed by atoms with van der Waals surface area (Å²) in [5, 5.41) is 0. The Morgan fingerprint density at radius 2 is 1.81 bits per heavy atom. The number of pyridine rings is 1. The molecule has 1 unspecified atom stereocenters. The lowest BCUT2D eigenvalue weighted by Gasteiger charge is -2.37. The highest BCUT2D eigenvalue weighted by molar-refractivity contribution is 7.90. The zero-order valence-electron chi connectivity index (χ0n) is 17.5. The standard InChI is InChI=1S/C20H21F5N2O4S/c1-18(2,3)32(29)27-19(11-16(28)30-4,17-13(21)6-5-9-26-17)12-7-8-15(14(22)10-12)31-20(23,24)25/h5-10,27H,11H2,1-4H3/t19-,32?/m0/s1. The fourth-order valence-electron chi connectivity index (χ4n) is 2.74. The number of hydrogen-bond acceptors (Lipinski definition) is 6. The molecule has 32 heavy (non-hydrogen) atoms. The van der Waals surface area contributed by atoms with Crippen LogP contribution in [0.5, 0.6) is 5.75 Å². The van der Waals surface area contributed by atoms with Crippen LogP contribution in [-0.4, -0.2) is 33.7 Å². The summed E-state index contributed by atoms with van der Waals surface area (Å²) in [6, 6.07) is 4.59. The normalized spacial score (nSPS) is 15.1. The number of rotatable bonds is 7. The summed E-state index contributed by atoms with van der Waals surface area (Å²) in [5.74, 6) is -4.39. The lowest BCUT2D eigenvalue weighted by Crippen LogP contribution is -2.54. The number of alkyl halides is 3. The van der Waals surface area contributed by atoms with Crippen LogP contribution in [0.2, 0.25) is 0 Å². The number of nitrogens with zero attached hydrogens (tertiary/aromatic N) is 1. The predicted octanol–water partition coefficient (Wildman–Crippen LogP) is 4.12. The van der Waals surface area contributed by atoms with E-state index in [1.807, 2.05) is 0 Å². The van der Waals surface area contributed by atoms with Crippen molar-refractivity contribution < 1.29 is 40.8 Å². The smallest absolute Gasteiger partial charge is 0.573 e. The van der Waals surface area contributed by atoms with Crippen LogP contribution in [0.1, 0.15) is 38.4 Å². The second-order valence-electron chi connectivity index (χ2n) is 7.67. The van der Waals surface area contributed by atoms with Crippen LogP contribution in [-0.2, 0) is 26.4 Å². The number of carbonyl (C=O) groups is 1. The third-order valence-electron chi connectivity index (χ3n) is 4.27. The molecule has 2 aromatic rings. The Hall–Kier alpha value is -2.44. The Kier molecular flexibility index (Phi) is 7.74. The van der Waals surface area contributed by atoms with E-state index in [1.165, 1.54) is 12.3 Å². The number of carbonyl (C=O) groups excluding carboxylic acids is 1. The predicted molar refractivity (Wildman–Crippen MR) is 106 cm³/mol. The van der Waals surface area contributed by atoms with Gasteiger partial charge in [0.05, 0.1) is 13.5 Å². The molecule has 6 nitrogen and oxygen atoms in total. The lowest BCUT2D eigenvalue weighted by molar-refractivity contribution is -0.275. The van der Waals surface area contributed by atoms with Gasteiger partial charge in [-0.2, -0.15) is 0 Å². The van der Waals surface area contributed by atoms with Crippen molar-refractivity contribution in [2.45, 2.75) is 43.8 Å². The first-order valence-corrected chi connectivity index (χ1v) is 10.3. The highest BCUT2D eigenvalue weighted by Gasteiger charge is 2.47. The third kappa shape index (κ3) is 6.08. The first kappa shape index (κ1) is 25.8. The molecule has 1 N–H and O–H groups in total. The highest BCUT2D eigenvalue weighted by Crippen LogP contribution is 2.38. The maximum atomic E-state index is 14.9. The van der Waals surface area contributed by atoms with E-state index in [0.29, 0.717) is 12.1 Å². The Balaban J connectivity index is 2.77. The molecular weight excluding hydrogens is 459 g/mol. The van der Waals surface area contributed by atoms with E-state index in [0.717, 1.165) is 19.2 Å². The van der Waals surface area contributed by atoms with E-state index in [1.54, 1.807) is 20.8 Å². The van der Waals surface area contributed by atoms with Crippen molar-refractivity contribution >= 4 is 17.3 Å². The van der Waals surface area contributed by atoms with Gasteiger partial charge in [0, 0.05) is 17.6 Å². The van der Waals surface area contributed by atoms with Gasteiger partial charge in [-0.05, 0) is 50.6 Å². The molecule has 0 saturated carbocycles. The van der Waals surface area contributed by atoms with Gasteiger partial charge in [0.15, 0.2) is 11.6 Å². The van der Waals surface area contributed by atoms with Gasteiger partial charge < -0.3 is 14.0 Å². The molecule has 1 aromatic heterocycles. The Morgan fingerprint density at radius 1 is 1.16 bits per heavy atom. The van der Waals surface area contributed by atoms with E-state index in [2.05, 4.69) is 19.2 Å². The highest BCUT2D eigenvalue weighted by atomic mass is 32.2. The Morgan fingerprint density at radius 3 is 2.31 bits per heavy atom. The SMILES string of the molecule is COC(=O)C[C@](N[S+]([O-])C(C)(C)C)(c1ccc(OC(F)(F)F)c(F)c1)c1ncccc1F. The van der Waals surface area contributed by atoms with Gasteiger partial charge in [-0.15, -0.1) is 17.9 Å². The summed E-state index contributed by atoms with van der Waals surface area (Å²) >= 11 is -1.96. The molecule has 12 heteroatoms. The average Bonchev–Trinajstić information content (AvgIpc) is 2.67. The van der Waals surface area contributed by atoms with E-state index in [-0.39, 0.29) is 5.56 Å². The average molecular weight is 480 g/mol. The number of aromatic nitrogens is 1. The first-order valence-electron chi connectivity index (χ1n) is 9.13. The van der Waals surface area contributed by atoms with Crippen molar-refractivity contribution in [1.82, 2.24) is 9.71 Å². The number of halogens is 5. The van der Waals surface area contributed by atoms with Gasteiger partial charge in [-0.1, -0.05) is 6.07 Å². The summed E-state index contributed by atoms with van der Waals surface area (Å²) in [6.45, 7) is 4.78. The van der Waals surface area contributed by atoms with Gasteiger partial charge in [0.2, 0.25) is 0 Å². The number of ether oxygens (including phenoxy) is 2. The summed E-state index contributed by atoms with van der Waals surface area (Å²) in [7, 11) is 1.06. The fourth-order valence-corrected chi connectivity index (χ4v) is 3.65. The van der Waals surface area contributed by atoms with Gasteiger partial charge in [0.1, 0.15) is 21.8 Å². The van der Waals surface area contributed by atoms with E-state index < -0.39 is 63.5 Å². The van der Waals surface area contributed by atoms with Crippen LogP contribution < -0.4 is 9.46 Å². The minimum Gasteiger partial charge on any atom is -0.598 e. The van der Waals surface area contributed by atoms with Crippen molar-refractivity contribution in [1.29, 1.82) is 0 Å². The molecule has 0 aliphatic carbocycles. The topological polar surface area (TPSA) is 83.5 Å². The molecule has 2 rings (SSSR count). The first-order chi connectivity index (χ1) is 14.7. The van der Waals surface area contributed by atoms with Gasteiger partial charge in [-0.3, -0.25) is 9.78 Å². The number of nitrogens with one attached hydrogen (secondary N) is 1. The van der Waals surface area contributed by atoms with Gasteiger partial charge in [-0.25, -0.2) is 8.78 Å². The number of methoxy groups -OCH3 is 1. The lowest BCUT2D eigenvalue weighted by atomic mass is 9.83. The molecule has 1 aromatic carbocycles. The Bertz CT molecular complexity index is 968. The molecular formula is C20H21F5N2O4S. The number of hydrogen-bond donors (Lipinski definition) is 1.